The van der Waals surface area contributed by atoms with Gasteiger partial charge < -0.3 is 19.7 Å². The van der Waals surface area contributed by atoms with E-state index in [1.807, 2.05) is 60.7 Å². The molecular weight excluding hydrogens is 428 g/mol. The lowest BCUT2D eigenvalue weighted by molar-refractivity contribution is -0.00326. The molecule has 34 heavy (non-hydrogen) atoms. The summed E-state index contributed by atoms with van der Waals surface area (Å²) >= 11 is 0. The second kappa shape index (κ2) is 13.3. The van der Waals surface area contributed by atoms with Crippen molar-refractivity contribution in [1.82, 2.24) is 9.80 Å². The molecule has 186 valence electrons. The van der Waals surface area contributed by atoms with Gasteiger partial charge in [0.2, 0.25) is 0 Å². The van der Waals surface area contributed by atoms with E-state index in [-0.39, 0.29) is 11.8 Å². The Morgan fingerprint density at radius 3 is 1.29 bits per heavy atom. The maximum absolute atomic E-state index is 11.4. The van der Waals surface area contributed by atoms with Gasteiger partial charge in [0.25, 0.3) is 0 Å². The molecule has 0 unspecified atom stereocenters. The third-order valence-corrected chi connectivity index (χ3v) is 7.28. The second-order valence-electron chi connectivity index (χ2n) is 9.63. The highest BCUT2D eigenvalue weighted by molar-refractivity contribution is 5.19. The number of hydrogen-bond acceptors (Lipinski definition) is 6. The first-order valence-corrected chi connectivity index (χ1v) is 12.8. The molecule has 2 aliphatic heterocycles. The smallest absolute Gasteiger partial charge is 0.0830 e. The summed E-state index contributed by atoms with van der Waals surface area (Å²) in [4.78, 5) is 4.82. The fraction of sp³-hybridized carbons (Fsp3) is 0.571. The molecule has 2 aromatic rings. The van der Waals surface area contributed by atoms with Gasteiger partial charge >= 0.3 is 0 Å². The van der Waals surface area contributed by atoms with E-state index in [1.54, 1.807) is 0 Å². The molecule has 0 amide bonds. The highest BCUT2D eigenvalue weighted by Crippen LogP contribution is 2.33. The molecule has 2 N–H and O–H groups in total. The fourth-order valence-corrected chi connectivity index (χ4v) is 5.20. The van der Waals surface area contributed by atoms with Crippen molar-refractivity contribution < 1.29 is 19.7 Å². The van der Waals surface area contributed by atoms with Crippen LogP contribution < -0.4 is 0 Å². The number of morpholine rings is 2. The molecule has 2 aromatic carbocycles. The summed E-state index contributed by atoms with van der Waals surface area (Å²) in [6.07, 6.45) is 0.655. The zero-order valence-electron chi connectivity index (χ0n) is 20.2. The van der Waals surface area contributed by atoms with Crippen LogP contribution in [-0.4, -0.2) is 85.7 Å². The molecule has 0 bridgehead atoms. The molecule has 6 heteroatoms. The largest absolute Gasteiger partial charge is 0.388 e. The van der Waals surface area contributed by atoms with Crippen LogP contribution in [0.2, 0.25) is 0 Å². The Morgan fingerprint density at radius 2 is 0.941 bits per heavy atom. The van der Waals surface area contributed by atoms with Gasteiger partial charge in [-0.3, -0.25) is 9.80 Å². The van der Waals surface area contributed by atoms with Gasteiger partial charge in [-0.15, -0.1) is 0 Å². The molecule has 0 saturated carbocycles. The van der Waals surface area contributed by atoms with Gasteiger partial charge in [-0.1, -0.05) is 60.7 Å². The number of rotatable bonds is 11. The van der Waals surface area contributed by atoms with Crippen LogP contribution in [0.4, 0.5) is 0 Å². The summed E-state index contributed by atoms with van der Waals surface area (Å²) in [6, 6.07) is 20.0. The van der Waals surface area contributed by atoms with Crippen molar-refractivity contribution >= 4 is 0 Å². The van der Waals surface area contributed by atoms with Crippen LogP contribution in [0.15, 0.2) is 60.7 Å². The summed E-state index contributed by atoms with van der Waals surface area (Å²) in [6.45, 7) is 8.30. The summed E-state index contributed by atoms with van der Waals surface area (Å²) in [5.41, 5.74) is 1.93. The van der Waals surface area contributed by atoms with E-state index in [9.17, 15) is 10.2 Å². The van der Waals surface area contributed by atoms with Crippen LogP contribution in [0.3, 0.4) is 0 Å². The lowest BCUT2D eigenvalue weighted by atomic mass is 9.84. The van der Waals surface area contributed by atoms with E-state index < -0.39 is 12.2 Å². The molecule has 2 heterocycles. The molecule has 0 radical (unpaired) electrons. The van der Waals surface area contributed by atoms with Crippen molar-refractivity contribution in [2.24, 2.45) is 11.8 Å². The standard InChI is InChI=1S/C28H40N2O4/c31-27(23-7-3-1-4-8-23)25(21-29-13-17-33-18-14-29)11-12-26(22-30-15-19-34-20-16-30)28(32)24-9-5-2-6-10-24/h1-10,25-28,31-32H,11-22H2/t25-,26-,27-,28+/m1/s1. The van der Waals surface area contributed by atoms with E-state index >= 15 is 0 Å². The average molecular weight is 469 g/mol. The summed E-state index contributed by atoms with van der Waals surface area (Å²) in [5, 5.41) is 22.7. The van der Waals surface area contributed by atoms with Crippen molar-refractivity contribution in [2.45, 2.75) is 25.0 Å². The maximum Gasteiger partial charge on any atom is 0.0830 e. The lowest BCUT2D eigenvalue weighted by Gasteiger charge is -2.35. The van der Waals surface area contributed by atoms with Gasteiger partial charge in [-0.2, -0.15) is 0 Å². The van der Waals surface area contributed by atoms with E-state index in [2.05, 4.69) is 9.80 Å². The quantitative estimate of drug-likeness (QED) is 0.528. The Hall–Kier alpha value is -1.80. The first kappa shape index (κ1) is 25.3. The number of hydrogen-bond donors (Lipinski definition) is 2. The molecule has 0 aromatic heterocycles. The van der Waals surface area contributed by atoms with Crippen molar-refractivity contribution in [3.05, 3.63) is 71.8 Å². The van der Waals surface area contributed by atoms with Crippen molar-refractivity contribution in [3.63, 3.8) is 0 Å². The highest BCUT2D eigenvalue weighted by Gasteiger charge is 2.29. The third-order valence-electron chi connectivity index (χ3n) is 7.28. The van der Waals surface area contributed by atoms with Crippen LogP contribution in [0.25, 0.3) is 0 Å². The molecule has 2 fully saturated rings. The van der Waals surface area contributed by atoms with Crippen molar-refractivity contribution in [1.29, 1.82) is 0 Å². The van der Waals surface area contributed by atoms with E-state index in [0.717, 1.165) is 89.7 Å². The topological polar surface area (TPSA) is 65.4 Å². The number of aliphatic hydroxyl groups excluding tert-OH is 2. The van der Waals surface area contributed by atoms with Gasteiger partial charge in [-0.05, 0) is 24.0 Å². The summed E-state index contributed by atoms with van der Waals surface area (Å²) in [5.74, 6) is 0.186. The Kier molecular flexibility index (Phi) is 9.92. The molecule has 4 atom stereocenters. The number of benzene rings is 2. The minimum absolute atomic E-state index is 0.0932. The van der Waals surface area contributed by atoms with Gasteiger partial charge in [0, 0.05) is 51.1 Å². The number of aliphatic hydroxyl groups is 2. The van der Waals surface area contributed by atoms with Gasteiger partial charge in [-0.25, -0.2) is 0 Å². The lowest BCUT2D eigenvalue weighted by Crippen LogP contribution is -2.42. The van der Waals surface area contributed by atoms with Crippen LogP contribution in [0, 0.1) is 11.8 Å². The Morgan fingerprint density at radius 1 is 0.588 bits per heavy atom. The zero-order chi connectivity index (χ0) is 23.6. The van der Waals surface area contributed by atoms with Gasteiger partial charge in [0.15, 0.2) is 0 Å². The number of nitrogens with zero attached hydrogens (tertiary/aromatic N) is 2. The molecule has 2 aliphatic rings. The predicted octanol–water partition coefficient (Wildman–Crippen LogP) is 3.13. The van der Waals surface area contributed by atoms with Crippen LogP contribution in [-0.2, 0) is 9.47 Å². The van der Waals surface area contributed by atoms with Crippen LogP contribution in [0.5, 0.6) is 0 Å². The molecule has 0 aliphatic carbocycles. The Bertz CT molecular complexity index is 740. The van der Waals surface area contributed by atoms with Crippen molar-refractivity contribution in [2.75, 3.05) is 65.7 Å². The zero-order valence-corrected chi connectivity index (χ0v) is 20.2. The molecule has 6 nitrogen and oxygen atoms in total. The fourth-order valence-electron chi connectivity index (χ4n) is 5.20. The third kappa shape index (κ3) is 7.35. The minimum atomic E-state index is -0.526. The van der Waals surface area contributed by atoms with Crippen molar-refractivity contribution in [3.8, 4) is 0 Å². The van der Waals surface area contributed by atoms with Crippen LogP contribution >= 0.6 is 0 Å². The Labute approximate surface area is 204 Å². The second-order valence-corrected chi connectivity index (χ2v) is 9.63. The monoisotopic (exact) mass is 468 g/mol. The first-order valence-electron chi connectivity index (χ1n) is 12.8. The molecule has 2 saturated heterocycles. The Balaban J connectivity index is 1.47. The SMILES string of the molecule is O[C@H](c1ccccc1)[C@H](CC[C@H](CN1CCOCC1)[C@@H](O)c1ccccc1)CN1CCOCC1. The first-order chi connectivity index (χ1) is 16.7. The molecular formula is C28H40N2O4. The molecule has 0 spiro atoms. The normalized spacial score (nSPS) is 21.6. The summed E-state index contributed by atoms with van der Waals surface area (Å²) in [7, 11) is 0. The minimum Gasteiger partial charge on any atom is -0.388 e. The van der Waals surface area contributed by atoms with E-state index in [4.69, 9.17) is 9.47 Å². The van der Waals surface area contributed by atoms with E-state index in [1.165, 1.54) is 0 Å². The number of ether oxygens (including phenoxy) is 2. The molecule has 4 rings (SSSR count). The highest BCUT2D eigenvalue weighted by atomic mass is 16.5. The van der Waals surface area contributed by atoms with Crippen LogP contribution in [0.1, 0.15) is 36.2 Å². The van der Waals surface area contributed by atoms with Gasteiger partial charge in [0.1, 0.15) is 0 Å². The van der Waals surface area contributed by atoms with E-state index in [0.29, 0.717) is 0 Å². The average Bonchev–Trinajstić information content (AvgIpc) is 2.91. The summed E-state index contributed by atoms with van der Waals surface area (Å²) < 4.78 is 11.1. The maximum atomic E-state index is 11.4. The van der Waals surface area contributed by atoms with Gasteiger partial charge in [0.05, 0.1) is 38.6 Å². The predicted molar refractivity (Wildman–Crippen MR) is 134 cm³/mol.